The highest BCUT2D eigenvalue weighted by Gasteiger charge is 2.19. The van der Waals surface area contributed by atoms with Crippen LogP contribution in [0.15, 0.2) is 72.4 Å². The predicted molar refractivity (Wildman–Crippen MR) is 129 cm³/mol. The maximum atomic E-state index is 8.98. The molecule has 2 atom stereocenters. The van der Waals surface area contributed by atoms with E-state index >= 15 is 0 Å². The van der Waals surface area contributed by atoms with Crippen LogP contribution in [0.5, 0.6) is 5.75 Å². The summed E-state index contributed by atoms with van der Waals surface area (Å²) in [5.41, 5.74) is 10.1. The number of nitrogens with two attached hydrogens (primary N) is 1. The molecule has 0 radical (unpaired) electrons. The van der Waals surface area contributed by atoms with Crippen LogP contribution in [-0.2, 0) is 6.42 Å². The Hall–Kier alpha value is -2.34. The van der Waals surface area contributed by atoms with Gasteiger partial charge in [0.1, 0.15) is 11.9 Å². The number of hydrogen-bond acceptors (Lipinski definition) is 5. The highest BCUT2D eigenvalue weighted by atomic mass is 32.1. The normalized spacial score (nSPS) is 16.8. The zero-order chi connectivity index (χ0) is 21.9. The molecule has 2 unspecified atom stereocenters. The fraction of sp³-hybridized carbons (Fsp3) is 0.320. The summed E-state index contributed by atoms with van der Waals surface area (Å²) < 4.78 is 6.00. The van der Waals surface area contributed by atoms with E-state index in [9.17, 15) is 0 Å². The Morgan fingerprint density at radius 2 is 2.20 bits per heavy atom. The zero-order valence-electron chi connectivity index (χ0n) is 17.8. The number of fused-ring (bicyclic) bond motifs is 1. The second kappa shape index (κ2) is 12.4. The van der Waals surface area contributed by atoms with Gasteiger partial charge in [-0.2, -0.15) is 0 Å². The van der Waals surface area contributed by atoms with Crippen molar-refractivity contribution in [1.29, 1.82) is 0 Å². The summed E-state index contributed by atoms with van der Waals surface area (Å²) >= 11 is 4.19. The van der Waals surface area contributed by atoms with Gasteiger partial charge in [0, 0.05) is 12.4 Å². The maximum absolute atomic E-state index is 8.98. The van der Waals surface area contributed by atoms with Crippen LogP contribution >= 0.6 is 12.6 Å². The smallest absolute Gasteiger partial charge is 0.122 e. The van der Waals surface area contributed by atoms with Gasteiger partial charge >= 0.3 is 0 Å². The number of benzene rings is 1. The number of rotatable bonds is 6. The van der Waals surface area contributed by atoms with Crippen LogP contribution in [0.3, 0.4) is 0 Å². The number of pyridine rings is 1. The van der Waals surface area contributed by atoms with Crippen LogP contribution in [0, 0.1) is 0 Å². The summed E-state index contributed by atoms with van der Waals surface area (Å²) in [6.45, 7) is 8.21. The van der Waals surface area contributed by atoms with Crippen LogP contribution in [0.1, 0.15) is 49.5 Å². The van der Waals surface area contributed by atoms with Crippen LogP contribution in [0.2, 0.25) is 0 Å². The van der Waals surface area contributed by atoms with Crippen molar-refractivity contribution in [3.63, 3.8) is 0 Å². The molecule has 0 amide bonds. The summed E-state index contributed by atoms with van der Waals surface area (Å²) in [6.07, 6.45) is 12.3. The fourth-order valence-corrected chi connectivity index (χ4v) is 3.26. The van der Waals surface area contributed by atoms with Gasteiger partial charge in [-0.1, -0.05) is 30.9 Å². The Morgan fingerprint density at radius 1 is 1.40 bits per heavy atom. The molecular formula is C25H32N2O2S. The lowest BCUT2D eigenvalue weighted by atomic mass is 9.96. The number of allylic oxidation sites excluding steroid dienone is 4. The van der Waals surface area contributed by atoms with E-state index in [4.69, 9.17) is 15.6 Å². The molecule has 1 aromatic heterocycles. The fourth-order valence-electron chi connectivity index (χ4n) is 3.18. The average molecular weight is 425 g/mol. The van der Waals surface area contributed by atoms with Crippen molar-refractivity contribution in [1.82, 2.24) is 4.98 Å². The molecule has 0 fully saturated rings. The van der Waals surface area contributed by atoms with Crippen molar-refractivity contribution < 1.29 is 9.84 Å². The number of nitrogens with zero attached hydrogens (tertiary/aromatic N) is 1. The Kier molecular flexibility index (Phi) is 9.87. The third kappa shape index (κ3) is 7.48. The molecule has 0 spiro atoms. The second-order valence-corrected chi connectivity index (χ2v) is 7.78. The van der Waals surface area contributed by atoms with Crippen molar-refractivity contribution >= 4 is 18.2 Å². The SMILES string of the molecule is C=C(S)/C=C\C(=C/C)c1ccc2c(c1)CCC(CCN)O2.CC(O)c1cccnc1. The van der Waals surface area contributed by atoms with Gasteiger partial charge in [0.05, 0.1) is 6.10 Å². The van der Waals surface area contributed by atoms with Crippen LogP contribution in [0.4, 0.5) is 0 Å². The first-order valence-corrected chi connectivity index (χ1v) is 10.7. The lowest BCUT2D eigenvalue weighted by Crippen LogP contribution is -2.25. The Bertz CT molecular complexity index is 876. The minimum atomic E-state index is -0.404. The van der Waals surface area contributed by atoms with Crippen molar-refractivity contribution in [3.8, 4) is 5.75 Å². The standard InChI is InChI=1S/C18H23NOS.C7H9NO/c1-3-14(5-4-13(2)21)15-7-9-18-16(12-15)6-8-17(20-18)10-11-19;1-6(9)7-3-2-4-8-5-7/h3-5,7,9,12,17,21H,2,6,8,10-11,19H2,1H3;2-6,9H,1H3/b5-4-,14-3+;. The maximum Gasteiger partial charge on any atom is 0.122 e. The van der Waals surface area contributed by atoms with Crippen LogP contribution in [0.25, 0.3) is 5.57 Å². The first-order chi connectivity index (χ1) is 14.4. The Balaban J connectivity index is 0.000000297. The van der Waals surface area contributed by atoms with E-state index in [0.717, 1.165) is 41.1 Å². The topological polar surface area (TPSA) is 68.4 Å². The molecule has 0 saturated heterocycles. The van der Waals surface area contributed by atoms with Crippen molar-refractivity contribution in [3.05, 3.63) is 89.1 Å². The molecule has 5 heteroatoms. The monoisotopic (exact) mass is 424 g/mol. The number of aryl methyl sites for hydroxylation is 1. The first-order valence-electron chi connectivity index (χ1n) is 10.2. The number of aromatic nitrogens is 1. The number of hydrogen-bond donors (Lipinski definition) is 3. The van der Waals surface area contributed by atoms with E-state index < -0.39 is 6.10 Å². The second-order valence-electron chi connectivity index (χ2n) is 7.21. The molecule has 0 aliphatic carbocycles. The minimum Gasteiger partial charge on any atom is -0.490 e. The first kappa shape index (κ1) is 23.9. The molecule has 160 valence electrons. The van der Waals surface area contributed by atoms with Gasteiger partial charge in [-0.3, -0.25) is 4.98 Å². The van der Waals surface area contributed by atoms with Crippen molar-refractivity contribution in [2.45, 2.75) is 45.3 Å². The molecule has 3 N–H and O–H groups in total. The molecule has 1 aromatic carbocycles. The minimum absolute atomic E-state index is 0.266. The third-order valence-electron chi connectivity index (χ3n) is 4.84. The van der Waals surface area contributed by atoms with E-state index in [1.165, 1.54) is 11.1 Å². The van der Waals surface area contributed by atoms with Gasteiger partial charge in [-0.25, -0.2) is 0 Å². The Morgan fingerprint density at radius 3 is 2.77 bits per heavy atom. The number of ether oxygens (including phenoxy) is 1. The quantitative estimate of drug-likeness (QED) is 0.437. The van der Waals surface area contributed by atoms with Gasteiger partial charge in [0.15, 0.2) is 0 Å². The van der Waals surface area contributed by atoms with Gasteiger partial charge in [-0.05, 0) is 91.1 Å². The largest absolute Gasteiger partial charge is 0.490 e. The lowest BCUT2D eigenvalue weighted by Gasteiger charge is -2.26. The van der Waals surface area contributed by atoms with E-state index in [1.54, 1.807) is 19.3 Å². The summed E-state index contributed by atoms with van der Waals surface area (Å²) in [5.74, 6) is 1.00. The lowest BCUT2D eigenvalue weighted by molar-refractivity contribution is 0.166. The summed E-state index contributed by atoms with van der Waals surface area (Å²) in [7, 11) is 0. The molecule has 4 nitrogen and oxygen atoms in total. The molecule has 1 aliphatic rings. The Labute approximate surface area is 185 Å². The molecule has 0 bridgehead atoms. The van der Waals surface area contributed by atoms with E-state index in [-0.39, 0.29) is 6.10 Å². The number of thiol groups is 1. The van der Waals surface area contributed by atoms with E-state index in [2.05, 4.69) is 48.5 Å². The third-order valence-corrected chi connectivity index (χ3v) is 4.99. The summed E-state index contributed by atoms with van der Waals surface area (Å²) in [6, 6.07) is 10.0. The summed E-state index contributed by atoms with van der Waals surface area (Å²) in [4.78, 5) is 4.60. The molecule has 3 rings (SSSR count). The van der Waals surface area contributed by atoms with Crippen molar-refractivity contribution in [2.24, 2.45) is 5.73 Å². The van der Waals surface area contributed by atoms with E-state index in [1.807, 2.05) is 31.2 Å². The highest BCUT2D eigenvalue weighted by molar-refractivity contribution is 7.84. The molecule has 0 saturated carbocycles. The van der Waals surface area contributed by atoms with E-state index in [0.29, 0.717) is 6.54 Å². The molecule has 2 aromatic rings. The van der Waals surface area contributed by atoms with Gasteiger partial charge in [0.2, 0.25) is 0 Å². The molecule has 2 heterocycles. The molecule has 30 heavy (non-hydrogen) atoms. The predicted octanol–water partition coefficient (Wildman–Crippen LogP) is 5.27. The molecular weight excluding hydrogens is 392 g/mol. The number of aliphatic hydroxyl groups excluding tert-OH is 1. The van der Waals surface area contributed by atoms with Crippen LogP contribution < -0.4 is 10.5 Å². The molecule has 1 aliphatic heterocycles. The highest BCUT2D eigenvalue weighted by Crippen LogP contribution is 2.31. The van der Waals surface area contributed by atoms with Gasteiger partial charge < -0.3 is 15.6 Å². The number of aliphatic hydroxyl groups is 1. The average Bonchev–Trinajstić information content (AvgIpc) is 2.75. The van der Waals surface area contributed by atoms with Crippen LogP contribution in [-0.4, -0.2) is 22.7 Å². The van der Waals surface area contributed by atoms with Crippen molar-refractivity contribution in [2.75, 3.05) is 6.54 Å². The zero-order valence-corrected chi connectivity index (χ0v) is 18.7. The summed E-state index contributed by atoms with van der Waals surface area (Å²) in [5, 5.41) is 8.98. The van der Waals surface area contributed by atoms with Gasteiger partial charge in [-0.15, -0.1) is 12.6 Å². The van der Waals surface area contributed by atoms with Gasteiger partial charge in [0.25, 0.3) is 0 Å².